The Bertz CT molecular complexity index is 458. The van der Waals surface area contributed by atoms with Gasteiger partial charge in [-0.05, 0) is 25.3 Å². The molecular weight excluding hydrogens is 244 g/mol. The molecule has 1 aliphatic carbocycles. The first-order valence-corrected chi connectivity index (χ1v) is 6.89. The van der Waals surface area contributed by atoms with Crippen LogP contribution in [0.1, 0.15) is 24.8 Å². The number of pyridine rings is 1. The Morgan fingerprint density at radius 2 is 2.28 bits per heavy atom. The number of rotatable bonds is 4. The van der Waals surface area contributed by atoms with E-state index < -0.39 is 0 Å². The molecular formula is C13H18N4S. The van der Waals surface area contributed by atoms with E-state index in [9.17, 15) is 0 Å². The molecule has 2 aliphatic rings. The molecule has 2 fully saturated rings. The van der Waals surface area contributed by atoms with Gasteiger partial charge in [0.1, 0.15) is 4.99 Å². The van der Waals surface area contributed by atoms with Gasteiger partial charge in [-0.25, -0.2) is 0 Å². The predicted octanol–water partition coefficient (Wildman–Crippen LogP) is 1.36. The molecule has 1 saturated carbocycles. The lowest BCUT2D eigenvalue weighted by Gasteiger charge is -2.18. The molecule has 1 aliphatic heterocycles. The molecule has 3 N–H and O–H groups in total. The van der Waals surface area contributed by atoms with Crippen molar-refractivity contribution in [3.8, 4) is 0 Å². The molecule has 0 aromatic carbocycles. The zero-order chi connectivity index (χ0) is 12.5. The van der Waals surface area contributed by atoms with Crippen molar-refractivity contribution in [3.05, 3.63) is 24.0 Å². The molecule has 1 saturated heterocycles. The summed E-state index contributed by atoms with van der Waals surface area (Å²) in [4.78, 5) is 7.15. The van der Waals surface area contributed by atoms with Crippen LogP contribution < -0.4 is 11.1 Å². The topological polar surface area (TPSA) is 54.2 Å². The number of nitrogens with one attached hydrogen (secondary N) is 1. The van der Waals surface area contributed by atoms with E-state index in [0.29, 0.717) is 11.0 Å². The average molecular weight is 262 g/mol. The highest BCUT2D eigenvalue weighted by atomic mass is 32.1. The largest absolute Gasteiger partial charge is 0.389 e. The van der Waals surface area contributed by atoms with Crippen LogP contribution in [0.3, 0.4) is 0 Å². The first-order chi connectivity index (χ1) is 8.74. The van der Waals surface area contributed by atoms with Gasteiger partial charge in [0.25, 0.3) is 0 Å². The number of likely N-dealkylation sites (tertiary alicyclic amines) is 1. The van der Waals surface area contributed by atoms with Crippen LogP contribution in [0, 0.1) is 0 Å². The fourth-order valence-electron chi connectivity index (χ4n) is 2.62. The highest BCUT2D eigenvalue weighted by Gasteiger charge is 2.34. The molecule has 0 radical (unpaired) electrons. The van der Waals surface area contributed by atoms with Gasteiger partial charge in [0.15, 0.2) is 0 Å². The molecule has 18 heavy (non-hydrogen) atoms. The lowest BCUT2D eigenvalue weighted by Crippen LogP contribution is -2.28. The molecule has 0 bridgehead atoms. The molecule has 96 valence electrons. The summed E-state index contributed by atoms with van der Waals surface area (Å²) in [6.07, 6.45) is 7.47. The van der Waals surface area contributed by atoms with Crippen molar-refractivity contribution >= 4 is 22.9 Å². The number of nitrogens with two attached hydrogens (primary N) is 1. The monoisotopic (exact) mass is 262 g/mol. The fraction of sp³-hybridized carbons (Fsp3) is 0.538. The number of anilines is 1. The minimum Gasteiger partial charge on any atom is -0.389 e. The van der Waals surface area contributed by atoms with Crippen molar-refractivity contribution in [2.24, 2.45) is 5.73 Å². The minimum absolute atomic E-state index is 0.428. The number of hydrogen-bond donors (Lipinski definition) is 2. The van der Waals surface area contributed by atoms with Gasteiger partial charge >= 0.3 is 0 Å². The molecule has 3 rings (SSSR count). The highest BCUT2D eigenvalue weighted by molar-refractivity contribution is 7.80. The van der Waals surface area contributed by atoms with Crippen LogP contribution in [-0.2, 0) is 0 Å². The molecule has 5 heteroatoms. The summed E-state index contributed by atoms with van der Waals surface area (Å²) in [5, 5.41) is 3.53. The minimum atomic E-state index is 0.428. The van der Waals surface area contributed by atoms with Crippen LogP contribution in [0.15, 0.2) is 18.5 Å². The maximum absolute atomic E-state index is 5.73. The molecule has 1 aromatic rings. The second-order valence-corrected chi connectivity index (χ2v) is 5.58. The second kappa shape index (κ2) is 4.82. The summed E-state index contributed by atoms with van der Waals surface area (Å²) in [6.45, 7) is 2.32. The van der Waals surface area contributed by atoms with Crippen molar-refractivity contribution in [3.63, 3.8) is 0 Å². The lowest BCUT2D eigenvalue weighted by molar-refractivity contribution is 0.326. The summed E-state index contributed by atoms with van der Waals surface area (Å²) in [6, 6.07) is 3.21. The van der Waals surface area contributed by atoms with Gasteiger partial charge in [0.2, 0.25) is 0 Å². The Morgan fingerprint density at radius 3 is 3.00 bits per heavy atom. The van der Waals surface area contributed by atoms with E-state index in [1.807, 2.05) is 12.3 Å². The van der Waals surface area contributed by atoms with Gasteiger partial charge in [0.05, 0.1) is 11.9 Å². The van der Waals surface area contributed by atoms with Gasteiger partial charge in [-0.15, -0.1) is 0 Å². The number of thiocarbonyl (C=S) groups is 1. The Hall–Kier alpha value is -1.20. The Morgan fingerprint density at radius 1 is 1.44 bits per heavy atom. The summed E-state index contributed by atoms with van der Waals surface area (Å²) in [5.41, 5.74) is 7.59. The fourth-order valence-corrected chi connectivity index (χ4v) is 2.80. The van der Waals surface area contributed by atoms with Gasteiger partial charge < -0.3 is 11.1 Å². The summed E-state index contributed by atoms with van der Waals surface area (Å²) >= 11 is 5.06. The summed E-state index contributed by atoms with van der Waals surface area (Å²) in [7, 11) is 0. The van der Waals surface area contributed by atoms with Crippen LogP contribution in [0.25, 0.3) is 0 Å². The first-order valence-electron chi connectivity index (χ1n) is 6.48. The normalized spacial score (nSPS) is 24.1. The third kappa shape index (κ3) is 2.47. The molecule has 1 atom stereocenters. The quantitative estimate of drug-likeness (QED) is 0.803. The highest BCUT2D eigenvalue weighted by Crippen LogP contribution is 2.30. The summed E-state index contributed by atoms with van der Waals surface area (Å²) < 4.78 is 0. The Kier molecular flexibility index (Phi) is 3.18. The van der Waals surface area contributed by atoms with Crippen LogP contribution in [0.2, 0.25) is 0 Å². The van der Waals surface area contributed by atoms with E-state index >= 15 is 0 Å². The zero-order valence-corrected chi connectivity index (χ0v) is 11.1. The number of aromatic nitrogens is 1. The van der Waals surface area contributed by atoms with Crippen LogP contribution in [0.5, 0.6) is 0 Å². The number of nitrogens with zero attached hydrogens (tertiary/aromatic N) is 2. The van der Waals surface area contributed by atoms with Crippen molar-refractivity contribution in [2.45, 2.75) is 31.3 Å². The average Bonchev–Trinajstić information content (AvgIpc) is 3.11. The van der Waals surface area contributed by atoms with E-state index in [1.54, 1.807) is 6.20 Å². The van der Waals surface area contributed by atoms with Gasteiger partial charge in [0, 0.05) is 36.9 Å². The third-order valence-electron chi connectivity index (χ3n) is 3.73. The van der Waals surface area contributed by atoms with Gasteiger partial charge in [-0.1, -0.05) is 12.2 Å². The van der Waals surface area contributed by atoms with E-state index in [-0.39, 0.29) is 0 Å². The smallest absolute Gasteiger partial charge is 0.106 e. The molecule has 1 unspecified atom stereocenters. The molecule has 0 spiro atoms. The van der Waals surface area contributed by atoms with Crippen molar-refractivity contribution in [1.82, 2.24) is 9.88 Å². The van der Waals surface area contributed by atoms with Crippen LogP contribution in [-0.4, -0.2) is 40.0 Å². The van der Waals surface area contributed by atoms with Crippen LogP contribution in [0.4, 0.5) is 5.69 Å². The number of hydrogen-bond acceptors (Lipinski definition) is 4. The first kappa shape index (κ1) is 11.9. The second-order valence-electron chi connectivity index (χ2n) is 5.14. The molecule has 0 amide bonds. The predicted molar refractivity (Wildman–Crippen MR) is 76.7 cm³/mol. The Balaban J connectivity index is 1.67. The van der Waals surface area contributed by atoms with Crippen molar-refractivity contribution in [2.75, 3.05) is 18.4 Å². The van der Waals surface area contributed by atoms with E-state index in [4.69, 9.17) is 18.0 Å². The lowest BCUT2D eigenvalue weighted by atomic mass is 10.2. The van der Waals surface area contributed by atoms with Gasteiger partial charge in [-0.2, -0.15) is 0 Å². The zero-order valence-electron chi connectivity index (χ0n) is 10.3. The van der Waals surface area contributed by atoms with Crippen LogP contribution >= 0.6 is 12.2 Å². The standard InChI is InChI=1S/C13H18N4S/c14-13(18)11-3-5-15-7-12(11)16-9-4-6-17(8-9)10-1-2-10/h3,5,7,9-10,16H,1-2,4,6,8H2,(H2,14,18). The van der Waals surface area contributed by atoms with Crippen molar-refractivity contribution in [1.29, 1.82) is 0 Å². The molecule has 1 aromatic heterocycles. The SMILES string of the molecule is NC(=S)c1ccncc1NC1CCN(C2CC2)C1. The van der Waals surface area contributed by atoms with Gasteiger partial charge in [-0.3, -0.25) is 9.88 Å². The van der Waals surface area contributed by atoms with E-state index in [2.05, 4.69) is 15.2 Å². The molecule has 2 heterocycles. The maximum atomic E-state index is 5.73. The van der Waals surface area contributed by atoms with E-state index in [1.165, 1.54) is 25.8 Å². The summed E-state index contributed by atoms with van der Waals surface area (Å²) in [5.74, 6) is 0. The molecule has 4 nitrogen and oxygen atoms in total. The maximum Gasteiger partial charge on any atom is 0.106 e. The van der Waals surface area contributed by atoms with Crippen molar-refractivity contribution < 1.29 is 0 Å². The third-order valence-corrected chi connectivity index (χ3v) is 3.95. The van der Waals surface area contributed by atoms with E-state index in [0.717, 1.165) is 23.8 Å². The Labute approximate surface area is 113 Å².